The molecule has 2 heterocycles. The van der Waals surface area contributed by atoms with Crippen LogP contribution in [0.1, 0.15) is 38.4 Å². The van der Waals surface area contributed by atoms with Gasteiger partial charge in [-0.15, -0.1) is 15.3 Å². The molecule has 6 nitrogen and oxygen atoms in total. The number of likely N-dealkylation sites (N-methyl/N-ethyl adjacent to an activating group) is 1. The Labute approximate surface area is 119 Å². The Hall–Kier alpha value is -1.69. The number of fused-ring (bicyclic) bond motifs is 1. The summed E-state index contributed by atoms with van der Waals surface area (Å²) in [5, 5.41) is 16.4. The molecule has 1 N–H and O–H groups in total. The van der Waals surface area contributed by atoms with Crippen molar-refractivity contribution in [3.63, 3.8) is 0 Å². The highest BCUT2D eigenvalue weighted by Crippen LogP contribution is 2.38. The van der Waals surface area contributed by atoms with Gasteiger partial charge in [0.15, 0.2) is 11.5 Å². The molecule has 6 heteroatoms. The van der Waals surface area contributed by atoms with Gasteiger partial charge in [-0.3, -0.25) is 0 Å². The van der Waals surface area contributed by atoms with Gasteiger partial charge in [0.05, 0.1) is 0 Å². The standard InChI is InChI=1S/C14H22N6/c1-3-19(4-2)10-9-15-12-7-8-13-16-17-14(11-5-6-11)20(13)18-12/h7-8,11H,3-6,9-10H2,1-2H3,(H,15,18). The molecule has 0 bridgehead atoms. The van der Waals surface area contributed by atoms with Gasteiger partial charge in [0.25, 0.3) is 0 Å². The van der Waals surface area contributed by atoms with Gasteiger partial charge in [-0.05, 0) is 38.1 Å². The van der Waals surface area contributed by atoms with E-state index in [4.69, 9.17) is 0 Å². The van der Waals surface area contributed by atoms with Crippen LogP contribution in [-0.2, 0) is 0 Å². The summed E-state index contributed by atoms with van der Waals surface area (Å²) >= 11 is 0. The Kier molecular flexibility index (Phi) is 3.82. The average molecular weight is 274 g/mol. The van der Waals surface area contributed by atoms with Crippen molar-refractivity contribution >= 4 is 11.5 Å². The highest BCUT2D eigenvalue weighted by atomic mass is 15.4. The van der Waals surface area contributed by atoms with Gasteiger partial charge in [0.1, 0.15) is 5.82 Å². The molecule has 2 aromatic heterocycles. The minimum atomic E-state index is 0.559. The number of rotatable bonds is 7. The lowest BCUT2D eigenvalue weighted by molar-refractivity contribution is 0.316. The molecule has 0 amide bonds. The zero-order valence-electron chi connectivity index (χ0n) is 12.2. The first-order valence-electron chi connectivity index (χ1n) is 7.50. The van der Waals surface area contributed by atoms with Crippen molar-refractivity contribution in [2.45, 2.75) is 32.6 Å². The minimum Gasteiger partial charge on any atom is -0.367 e. The van der Waals surface area contributed by atoms with Crippen LogP contribution in [0.25, 0.3) is 5.65 Å². The largest absolute Gasteiger partial charge is 0.367 e. The van der Waals surface area contributed by atoms with Crippen molar-refractivity contribution in [1.82, 2.24) is 24.7 Å². The van der Waals surface area contributed by atoms with Crippen molar-refractivity contribution < 1.29 is 0 Å². The van der Waals surface area contributed by atoms with E-state index in [1.165, 1.54) is 12.8 Å². The smallest absolute Gasteiger partial charge is 0.178 e. The molecule has 1 fully saturated rings. The van der Waals surface area contributed by atoms with Crippen LogP contribution in [-0.4, -0.2) is 50.9 Å². The summed E-state index contributed by atoms with van der Waals surface area (Å²) in [4.78, 5) is 2.39. The van der Waals surface area contributed by atoms with Gasteiger partial charge >= 0.3 is 0 Å². The fourth-order valence-corrected chi connectivity index (χ4v) is 2.38. The zero-order valence-corrected chi connectivity index (χ0v) is 12.2. The van der Waals surface area contributed by atoms with Crippen molar-refractivity contribution in [2.24, 2.45) is 0 Å². The van der Waals surface area contributed by atoms with Crippen molar-refractivity contribution in [2.75, 3.05) is 31.5 Å². The lowest BCUT2D eigenvalue weighted by atomic mass is 10.4. The molecule has 20 heavy (non-hydrogen) atoms. The third-order valence-electron chi connectivity index (χ3n) is 3.86. The first-order valence-corrected chi connectivity index (χ1v) is 7.50. The SMILES string of the molecule is CCN(CC)CCNc1ccc2nnc(C3CC3)n2n1. The van der Waals surface area contributed by atoms with Crippen LogP contribution < -0.4 is 5.32 Å². The summed E-state index contributed by atoms with van der Waals surface area (Å²) in [6.45, 7) is 8.48. The Morgan fingerprint density at radius 2 is 2.05 bits per heavy atom. The van der Waals surface area contributed by atoms with Gasteiger partial charge in [-0.2, -0.15) is 4.52 Å². The third kappa shape index (κ3) is 2.75. The van der Waals surface area contributed by atoms with Crippen LogP contribution in [0.3, 0.4) is 0 Å². The van der Waals surface area contributed by atoms with Gasteiger partial charge in [-0.25, -0.2) is 0 Å². The first kappa shape index (κ1) is 13.3. The van der Waals surface area contributed by atoms with E-state index in [0.29, 0.717) is 5.92 Å². The van der Waals surface area contributed by atoms with Crippen LogP contribution in [0.15, 0.2) is 12.1 Å². The molecule has 3 rings (SSSR count). The molecule has 1 aliphatic carbocycles. The first-order chi connectivity index (χ1) is 9.81. The molecule has 0 unspecified atom stereocenters. The van der Waals surface area contributed by atoms with Crippen LogP contribution in [0.4, 0.5) is 5.82 Å². The number of hydrogen-bond donors (Lipinski definition) is 1. The average Bonchev–Trinajstić information content (AvgIpc) is 3.23. The molecule has 0 atom stereocenters. The van der Waals surface area contributed by atoms with E-state index in [0.717, 1.165) is 43.5 Å². The summed E-state index contributed by atoms with van der Waals surface area (Å²) in [5.41, 5.74) is 0.834. The second-order valence-corrected chi connectivity index (χ2v) is 5.27. The van der Waals surface area contributed by atoms with Gasteiger partial charge in [0, 0.05) is 19.0 Å². The van der Waals surface area contributed by atoms with Crippen LogP contribution >= 0.6 is 0 Å². The predicted octanol–water partition coefficient (Wildman–Crippen LogP) is 1.76. The summed E-state index contributed by atoms with van der Waals surface area (Å²) < 4.78 is 1.89. The summed E-state index contributed by atoms with van der Waals surface area (Å²) in [6.07, 6.45) is 2.42. The fourth-order valence-electron chi connectivity index (χ4n) is 2.38. The number of aromatic nitrogens is 4. The Balaban J connectivity index is 1.67. The molecule has 2 aromatic rings. The van der Waals surface area contributed by atoms with E-state index in [1.54, 1.807) is 0 Å². The monoisotopic (exact) mass is 274 g/mol. The van der Waals surface area contributed by atoms with Gasteiger partial charge in [-0.1, -0.05) is 13.8 Å². The van der Waals surface area contributed by atoms with Crippen molar-refractivity contribution in [3.8, 4) is 0 Å². The predicted molar refractivity (Wildman–Crippen MR) is 79.0 cm³/mol. The van der Waals surface area contributed by atoms with Crippen LogP contribution in [0.2, 0.25) is 0 Å². The van der Waals surface area contributed by atoms with Gasteiger partial charge in [0.2, 0.25) is 0 Å². The van der Waals surface area contributed by atoms with E-state index in [2.05, 4.69) is 39.4 Å². The normalized spacial score (nSPS) is 15.2. The molecular weight excluding hydrogens is 252 g/mol. The Bertz CT molecular complexity index is 570. The van der Waals surface area contributed by atoms with E-state index >= 15 is 0 Å². The summed E-state index contributed by atoms with van der Waals surface area (Å²) in [7, 11) is 0. The second kappa shape index (κ2) is 5.75. The minimum absolute atomic E-state index is 0.559. The molecule has 0 aliphatic heterocycles. The van der Waals surface area contributed by atoms with Gasteiger partial charge < -0.3 is 10.2 Å². The maximum absolute atomic E-state index is 4.61. The lowest BCUT2D eigenvalue weighted by Gasteiger charge is -2.18. The maximum Gasteiger partial charge on any atom is 0.178 e. The molecular formula is C14H22N6. The van der Waals surface area contributed by atoms with Crippen LogP contribution in [0.5, 0.6) is 0 Å². The Morgan fingerprint density at radius 1 is 1.25 bits per heavy atom. The molecule has 108 valence electrons. The highest BCUT2D eigenvalue weighted by molar-refractivity contribution is 5.44. The zero-order chi connectivity index (χ0) is 13.9. The molecule has 0 aromatic carbocycles. The molecule has 1 aliphatic rings. The fraction of sp³-hybridized carbons (Fsp3) is 0.643. The third-order valence-corrected chi connectivity index (χ3v) is 3.86. The van der Waals surface area contributed by atoms with Crippen molar-refractivity contribution in [3.05, 3.63) is 18.0 Å². The molecule has 0 radical (unpaired) electrons. The number of anilines is 1. The van der Waals surface area contributed by atoms with E-state index in [9.17, 15) is 0 Å². The second-order valence-electron chi connectivity index (χ2n) is 5.27. The highest BCUT2D eigenvalue weighted by Gasteiger charge is 2.29. The number of nitrogens with zero attached hydrogens (tertiary/aromatic N) is 5. The summed E-state index contributed by atoms with van der Waals surface area (Å²) in [5.74, 6) is 2.46. The number of hydrogen-bond acceptors (Lipinski definition) is 5. The topological polar surface area (TPSA) is 58.3 Å². The number of nitrogens with one attached hydrogen (secondary N) is 1. The summed E-state index contributed by atoms with van der Waals surface area (Å²) in [6, 6.07) is 3.95. The molecule has 0 saturated heterocycles. The van der Waals surface area contributed by atoms with E-state index in [-0.39, 0.29) is 0 Å². The lowest BCUT2D eigenvalue weighted by Crippen LogP contribution is -2.28. The van der Waals surface area contributed by atoms with Crippen LogP contribution in [0, 0.1) is 0 Å². The van der Waals surface area contributed by atoms with Crippen molar-refractivity contribution in [1.29, 1.82) is 0 Å². The molecule has 1 saturated carbocycles. The maximum atomic E-state index is 4.61. The Morgan fingerprint density at radius 3 is 2.75 bits per heavy atom. The van der Waals surface area contributed by atoms with E-state index in [1.807, 2.05) is 16.6 Å². The molecule has 0 spiro atoms. The quantitative estimate of drug-likeness (QED) is 0.833. The van der Waals surface area contributed by atoms with E-state index < -0.39 is 0 Å².